The van der Waals surface area contributed by atoms with Gasteiger partial charge in [0, 0.05) is 0 Å². The number of fused-ring (bicyclic) bond motifs is 5. The van der Waals surface area contributed by atoms with Crippen LogP contribution in [-0.4, -0.2) is 21.8 Å². The Morgan fingerprint density at radius 1 is 1.19 bits per heavy atom. The molecular weight excluding hydrogens is 427 g/mol. The Kier molecular flexibility index (Phi) is 7.37. The summed E-state index contributed by atoms with van der Waals surface area (Å²) < 4.78 is 50.0. The first-order valence-electron chi connectivity index (χ1n) is 7.51. The first kappa shape index (κ1) is 21.5. The Morgan fingerprint density at radius 3 is 2.65 bits per heavy atom. The zero-order valence-corrected chi connectivity index (χ0v) is 18.8. The Hall–Kier alpha value is -0.815. The second-order valence-corrected chi connectivity index (χ2v) is 5.40. The molecule has 0 aliphatic carbocycles. The van der Waals surface area contributed by atoms with Gasteiger partial charge in [-0.15, -0.1) is 10.2 Å². The van der Waals surface area contributed by atoms with Crippen molar-refractivity contribution in [2.24, 2.45) is 0 Å². The van der Waals surface area contributed by atoms with Gasteiger partial charge < -0.3 is 20.0 Å². The molecule has 2 aromatic rings. The third-order valence-electron chi connectivity index (χ3n) is 3.53. The minimum Gasteiger partial charge on any atom is -0.845 e. The molecular formula is C15H14F3N4O3Rb. The first-order valence-corrected chi connectivity index (χ1v) is 7.51. The van der Waals surface area contributed by atoms with Crippen LogP contribution in [0.1, 0.15) is 36.8 Å². The van der Waals surface area contributed by atoms with Crippen molar-refractivity contribution in [3.05, 3.63) is 29.7 Å². The molecule has 0 saturated heterocycles. The molecule has 0 radical (unpaired) electrons. The maximum atomic E-state index is 13.2. The maximum absolute atomic E-state index is 13.2. The number of hydrogen-bond donors (Lipinski definition) is 1. The molecule has 11 heteroatoms. The smallest absolute Gasteiger partial charge is 0.845 e. The van der Waals surface area contributed by atoms with Crippen LogP contribution in [-0.2, 0) is 6.18 Å². The van der Waals surface area contributed by atoms with Crippen LogP contribution in [0.25, 0.3) is 11.6 Å². The molecule has 7 nitrogen and oxygen atoms in total. The molecule has 3 rings (SSSR count). The van der Waals surface area contributed by atoms with E-state index in [2.05, 4.69) is 15.2 Å². The normalized spacial score (nSPS) is 19.0. The molecule has 2 N–H and O–H groups in total. The Balaban J connectivity index is 0.00000243. The van der Waals surface area contributed by atoms with Gasteiger partial charge >= 0.3 is 64.4 Å². The minimum absolute atomic E-state index is 0. The average Bonchev–Trinajstić information content (AvgIpc) is 3.02. The fourth-order valence-corrected chi connectivity index (χ4v) is 2.29. The predicted molar refractivity (Wildman–Crippen MR) is 78.2 cm³/mol. The number of pyridine rings is 1. The maximum Gasteiger partial charge on any atom is 1.00 e. The molecule has 26 heavy (non-hydrogen) atoms. The fourth-order valence-electron chi connectivity index (χ4n) is 2.29. The zero-order valence-electron chi connectivity index (χ0n) is 13.9. The van der Waals surface area contributed by atoms with Gasteiger partial charge in [-0.05, 0) is 25.0 Å². The Morgan fingerprint density at radius 2 is 1.92 bits per heavy atom. The molecule has 3 heterocycles. The quantitative estimate of drug-likeness (QED) is 0.537. The van der Waals surface area contributed by atoms with Crippen LogP contribution in [0, 0.1) is 0 Å². The molecule has 0 spiro atoms. The van der Waals surface area contributed by atoms with Gasteiger partial charge in [0.1, 0.15) is 5.56 Å². The summed E-state index contributed by atoms with van der Waals surface area (Å²) >= 11 is 0. The van der Waals surface area contributed by atoms with Crippen LogP contribution >= 0.6 is 0 Å². The Bertz CT molecular complexity index is 795. The second-order valence-electron chi connectivity index (χ2n) is 5.40. The number of aromatic nitrogens is 3. The van der Waals surface area contributed by atoms with Gasteiger partial charge in [0.2, 0.25) is 11.8 Å². The van der Waals surface area contributed by atoms with E-state index in [-0.39, 0.29) is 94.4 Å². The third-order valence-corrected chi connectivity index (χ3v) is 3.53. The number of ether oxygens (including phenoxy) is 1. The van der Waals surface area contributed by atoms with Gasteiger partial charge in [-0.25, -0.2) is 4.98 Å². The van der Waals surface area contributed by atoms with Crippen molar-refractivity contribution in [2.45, 2.75) is 31.5 Å². The van der Waals surface area contributed by atoms with Crippen molar-refractivity contribution < 1.29 is 85.6 Å². The SMILES string of the molecule is Nc1cc(C(F)(F)F)c2nc1-c1nnc(o1)C([O-])CC/C=C\CCO2.[Rb+]. The zero-order chi connectivity index (χ0) is 18.0. The van der Waals surface area contributed by atoms with E-state index in [0.717, 1.165) is 0 Å². The molecule has 1 aliphatic heterocycles. The largest absolute Gasteiger partial charge is 1.00 e. The van der Waals surface area contributed by atoms with E-state index in [1.54, 1.807) is 12.2 Å². The van der Waals surface area contributed by atoms with Crippen LogP contribution in [0.2, 0.25) is 0 Å². The van der Waals surface area contributed by atoms with E-state index in [0.29, 0.717) is 18.9 Å². The van der Waals surface area contributed by atoms with Crippen molar-refractivity contribution in [3.63, 3.8) is 0 Å². The van der Waals surface area contributed by atoms with Gasteiger partial charge in [-0.1, -0.05) is 18.6 Å². The average molecular weight is 441 g/mol. The van der Waals surface area contributed by atoms with E-state index in [9.17, 15) is 18.3 Å². The van der Waals surface area contributed by atoms with Gasteiger partial charge in [0.05, 0.1) is 12.3 Å². The molecule has 0 aromatic carbocycles. The number of anilines is 1. The van der Waals surface area contributed by atoms with E-state index in [4.69, 9.17) is 14.9 Å². The Labute approximate surface area is 195 Å². The van der Waals surface area contributed by atoms with Crippen molar-refractivity contribution in [1.29, 1.82) is 0 Å². The van der Waals surface area contributed by atoms with E-state index in [1.165, 1.54) is 0 Å². The molecule has 0 saturated carbocycles. The summed E-state index contributed by atoms with van der Waals surface area (Å²) in [5, 5.41) is 19.3. The second kappa shape index (κ2) is 8.92. The monoisotopic (exact) mass is 440 g/mol. The van der Waals surface area contributed by atoms with Crippen molar-refractivity contribution in [2.75, 3.05) is 12.3 Å². The summed E-state index contributed by atoms with van der Waals surface area (Å²) in [6.45, 7) is -0.00811. The van der Waals surface area contributed by atoms with Crippen LogP contribution in [0.4, 0.5) is 18.9 Å². The number of allylic oxidation sites excluding steroid dienone is 1. The number of nitrogens with two attached hydrogens (primary N) is 1. The number of alkyl halides is 3. The number of nitrogen functional groups attached to an aromatic ring is 1. The molecule has 4 bridgehead atoms. The number of halogens is 3. The van der Waals surface area contributed by atoms with Crippen molar-refractivity contribution >= 4 is 5.69 Å². The van der Waals surface area contributed by atoms with Crippen LogP contribution in [0.5, 0.6) is 5.88 Å². The van der Waals surface area contributed by atoms with Gasteiger partial charge in [0.15, 0.2) is 5.69 Å². The fraction of sp³-hybridized carbons (Fsp3) is 0.400. The molecule has 1 aliphatic rings. The van der Waals surface area contributed by atoms with Crippen molar-refractivity contribution in [3.8, 4) is 17.5 Å². The summed E-state index contributed by atoms with van der Waals surface area (Å²) in [5.41, 5.74) is 4.12. The third kappa shape index (κ3) is 4.91. The summed E-state index contributed by atoms with van der Waals surface area (Å²) in [5.74, 6) is -1.01. The number of rotatable bonds is 0. The van der Waals surface area contributed by atoms with E-state index >= 15 is 0 Å². The minimum atomic E-state index is -4.68. The number of nitrogens with zero attached hydrogens (tertiary/aromatic N) is 3. The molecule has 0 fully saturated rings. The van der Waals surface area contributed by atoms with Crippen LogP contribution < -0.4 is 73.8 Å². The molecule has 1 atom stereocenters. The standard InChI is InChI=1S/C15H14F3N4O3.Rb/c16-15(17,18)8-7-9(19)11-14-22-21-13(25-14)10(23)5-3-1-2-4-6-24-12(8)20-11;/h1-2,7,10H,3-6,19H2;/q-1;+1/b2-1-;. The van der Waals surface area contributed by atoms with Gasteiger partial charge in [0.25, 0.3) is 5.89 Å². The first-order chi connectivity index (χ1) is 11.9. The number of hydrogen-bond acceptors (Lipinski definition) is 7. The summed E-state index contributed by atoms with van der Waals surface area (Å²) in [6.07, 6.45) is -1.34. The summed E-state index contributed by atoms with van der Waals surface area (Å²) in [7, 11) is 0. The van der Waals surface area contributed by atoms with E-state index in [1.807, 2.05) is 0 Å². The van der Waals surface area contributed by atoms with Crippen LogP contribution in [0.15, 0.2) is 22.6 Å². The van der Waals surface area contributed by atoms with Crippen molar-refractivity contribution in [1.82, 2.24) is 15.2 Å². The molecule has 0 amide bonds. The van der Waals surface area contributed by atoms with Gasteiger partial charge in [-0.3, -0.25) is 0 Å². The molecule has 2 aromatic heterocycles. The van der Waals surface area contributed by atoms with Crippen LogP contribution in [0.3, 0.4) is 0 Å². The summed E-state index contributed by atoms with van der Waals surface area (Å²) in [4.78, 5) is 3.81. The van der Waals surface area contributed by atoms with Gasteiger partial charge in [-0.2, -0.15) is 13.2 Å². The molecule has 1 unspecified atom stereocenters. The molecule has 134 valence electrons. The summed E-state index contributed by atoms with van der Waals surface area (Å²) in [6, 6.07) is 0.706. The topological polar surface area (TPSA) is 110 Å². The predicted octanol–water partition coefficient (Wildman–Crippen LogP) is -0.743. The van der Waals surface area contributed by atoms with E-state index < -0.39 is 23.7 Å².